The van der Waals surface area contributed by atoms with Gasteiger partial charge in [-0.15, -0.1) is 0 Å². The van der Waals surface area contributed by atoms with E-state index in [0.29, 0.717) is 0 Å². The van der Waals surface area contributed by atoms with E-state index in [1.807, 2.05) is 0 Å². The molecule has 0 amide bonds. The molecule has 1 rings (SSSR count). The van der Waals surface area contributed by atoms with Crippen molar-refractivity contribution in [1.82, 2.24) is 0 Å². The second-order valence-corrected chi connectivity index (χ2v) is 3.72. The van der Waals surface area contributed by atoms with Gasteiger partial charge in [-0.2, -0.15) is 12.6 Å². The van der Waals surface area contributed by atoms with Gasteiger partial charge in [-0.3, -0.25) is 0 Å². The van der Waals surface area contributed by atoms with Crippen LogP contribution in [-0.2, 0) is 4.74 Å². The second-order valence-electron chi connectivity index (χ2n) is 3.28. The van der Waals surface area contributed by atoms with Gasteiger partial charge in [0.25, 0.3) is 0 Å². The third kappa shape index (κ3) is 5.57. The van der Waals surface area contributed by atoms with Gasteiger partial charge < -0.3 is 4.74 Å². The maximum Gasteiger partial charge on any atom is 0.0468 e. The van der Waals surface area contributed by atoms with Gasteiger partial charge in [-0.1, -0.05) is 12.8 Å². The van der Waals surface area contributed by atoms with Crippen LogP contribution in [0.2, 0.25) is 0 Å². The predicted octanol–water partition coefficient (Wildman–Crippen LogP) is 2.51. The molecule has 0 aromatic rings. The fourth-order valence-electron chi connectivity index (χ4n) is 1.07. The Kier molecular flexibility index (Phi) is 5.04. The van der Waals surface area contributed by atoms with E-state index >= 15 is 0 Å². The molecular weight excluding hydrogens is 156 g/mol. The van der Waals surface area contributed by atoms with Crippen LogP contribution in [0.5, 0.6) is 0 Å². The zero-order valence-corrected chi connectivity index (χ0v) is 7.98. The summed E-state index contributed by atoms with van der Waals surface area (Å²) < 4.78 is 5.45. The largest absolute Gasteiger partial charge is 0.381 e. The summed E-state index contributed by atoms with van der Waals surface area (Å²) in [5.74, 6) is 2.01. The van der Waals surface area contributed by atoms with Crippen LogP contribution in [-0.4, -0.2) is 19.0 Å². The lowest BCUT2D eigenvalue weighted by Crippen LogP contribution is -1.97. The molecule has 0 aromatic carbocycles. The number of unbranched alkanes of at least 4 members (excludes halogenated alkanes) is 1. The Morgan fingerprint density at radius 1 is 1.18 bits per heavy atom. The summed E-state index contributed by atoms with van der Waals surface area (Å²) in [5.41, 5.74) is 0. The van der Waals surface area contributed by atoms with E-state index in [4.69, 9.17) is 4.74 Å². The van der Waals surface area contributed by atoms with Crippen molar-refractivity contribution in [1.29, 1.82) is 0 Å². The molecule has 2 heteroatoms. The van der Waals surface area contributed by atoms with E-state index in [9.17, 15) is 0 Å². The molecule has 11 heavy (non-hydrogen) atoms. The Morgan fingerprint density at radius 2 is 2.00 bits per heavy atom. The van der Waals surface area contributed by atoms with Gasteiger partial charge in [-0.05, 0) is 30.9 Å². The Bertz CT molecular complexity index is 91.6. The number of hydrogen-bond donors (Lipinski definition) is 1. The lowest BCUT2D eigenvalue weighted by Gasteiger charge is -2.01. The standard InChI is InChI=1S/C9H18OS/c11-8-2-1-6-10-7-5-9-3-4-9/h9,11H,1-8H2. The van der Waals surface area contributed by atoms with E-state index in [1.165, 1.54) is 32.1 Å². The zero-order valence-electron chi connectivity index (χ0n) is 7.09. The monoisotopic (exact) mass is 174 g/mol. The normalized spacial score (nSPS) is 17.2. The molecule has 0 bridgehead atoms. The second kappa shape index (κ2) is 5.90. The molecule has 66 valence electrons. The van der Waals surface area contributed by atoms with Gasteiger partial charge in [-0.25, -0.2) is 0 Å². The Morgan fingerprint density at radius 3 is 2.64 bits per heavy atom. The summed E-state index contributed by atoms with van der Waals surface area (Å²) in [6.07, 6.45) is 6.54. The molecule has 1 aliphatic carbocycles. The van der Waals surface area contributed by atoms with Crippen molar-refractivity contribution in [2.75, 3.05) is 19.0 Å². The first kappa shape index (κ1) is 9.40. The van der Waals surface area contributed by atoms with E-state index in [0.717, 1.165) is 24.9 Å². The van der Waals surface area contributed by atoms with Crippen LogP contribution < -0.4 is 0 Å². The van der Waals surface area contributed by atoms with Gasteiger partial charge >= 0.3 is 0 Å². The van der Waals surface area contributed by atoms with Crippen molar-refractivity contribution in [3.8, 4) is 0 Å². The highest BCUT2D eigenvalue weighted by Gasteiger charge is 2.20. The number of hydrogen-bond acceptors (Lipinski definition) is 2. The molecule has 0 radical (unpaired) electrons. The zero-order chi connectivity index (χ0) is 7.94. The Labute approximate surface area is 74.9 Å². The molecule has 0 aliphatic heterocycles. The number of thiol groups is 1. The molecular formula is C9H18OS. The van der Waals surface area contributed by atoms with Gasteiger partial charge in [0.15, 0.2) is 0 Å². The van der Waals surface area contributed by atoms with Crippen molar-refractivity contribution in [2.45, 2.75) is 32.1 Å². The van der Waals surface area contributed by atoms with E-state index in [1.54, 1.807) is 0 Å². The molecule has 0 aromatic heterocycles. The fourth-order valence-corrected chi connectivity index (χ4v) is 1.30. The summed E-state index contributed by atoms with van der Waals surface area (Å²) in [7, 11) is 0. The smallest absolute Gasteiger partial charge is 0.0468 e. The van der Waals surface area contributed by atoms with Crippen molar-refractivity contribution >= 4 is 12.6 Å². The molecule has 1 saturated carbocycles. The Hall–Kier alpha value is 0.310. The summed E-state index contributed by atoms with van der Waals surface area (Å²) in [4.78, 5) is 0. The minimum absolute atomic E-state index is 0.938. The van der Waals surface area contributed by atoms with Crippen molar-refractivity contribution < 1.29 is 4.74 Å². The molecule has 0 N–H and O–H groups in total. The SMILES string of the molecule is SCCCCOCCC1CC1. The third-order valence-electron chi connectivity index (χ3n) is 2.06. The molecule has 0 saturated heterocycles. The van der Waals surface area contributed by atoms with E-state index < -0.39 is 0 Å². The minimum Gasteiger partial charge on any atom is -0.381 e. The quantitative estimate of drug-likeness (QED) is 0.461. The van der Waals surface area contributed by atoms with Crippen LogP contribution in [0.25, 0.3) is 0 Å². The number of ether oxygens (including phenoxy) is 1. The van der Waals surface area contributed by atoms with Gasteiger partial charge in [0.1, 0.15) is 0 Å². The lowest BCUT2D eigenvalue weighted by atomic mass is 10.3. The average Bonchev–Trinajstić information content (AvgIpc) is 2.80. The Balaban J connectivity index is 1.66. The van der Waals surface area contributed by atoms with Crippen LogP contribution in [0.3, 0.4) is 0 Å². The van der Waals surface area contributed by atoms with Gasteiger partial charge in [0.05, 0.1) is 0 Å². The first-order chi connectivity index (χ1) is 5.43. The number of rotatable bonds is 7. The molecule has 1 nitrogen and oxygen atoms in total. The summed E-state index contributed by atoms with van der Waals surface area (Å²) >= 11 is 4.13. The van der Waals surface area contributed by atoms with Crippen LogP contribution in [0.15, 0.2) is 0 Å². The first-order valence-electron chi connectivity index (χ1n) is 4.62. The van der Waals surface area contributed by atoms with Gasteiger partial charge in [0, 0.05) is 13.2 Å². The lowest BCUT2D eigenvalue weighted by molar-refractivity contribution is 0.125. The van der Waals surface area contributed by atoms with Crippen LogP contribution in [0.4, 0.5) is 0 Å². The molecule has 0 unspecified atom stereocenters. The highest BCUT2D eigenvalue weighted by Crippen LogP contribution is 2.32. The fraction of sp³-hybridized carbons (Fsp3) is 1.00. The van der Waals surface area contributed by atoms with Crippen molar-refractivity contribution in [3.63, 3.8) is 0 Å². The van der Waals surface area contributed by atoms with Crippen LogP contribution in [0.1, 0.15) is 32.1 Å². The average molecular weight is 174 g/mol. The first-order valence-corrected chi connectivity index (χ1v) is 5.25. The summed E-state index contributed by atoms with van der Waals surface area (Å²) in [6, 6.07) is 0. The molecule has 0 spiro atoms. The molecule has 0 atom stereocenters. The molecule has 1 fully saturated rings. The van der Waals surface area contributed by atoms with Crippen LogP contribution in [0, 0.1) is 5.92 Å². The molecule has 1 aliphatic rings. The topological polar surface area (TPSA) is 9.23 Å². The minimum atomic E-state index is 0.938. The highest BCUT2D eigenvalue weighted by molar-refractivity contribution is 7.80. The maximum absolute atomic E-state index is 5.45. The maximum atomic E-state index is 5.45. The summed E-state index contributed by atoms with van der Waals surface area (Å²) in [6.45, 7) is 1.92. The highest BCUT2D eigenvalue weighted by atomic mass is 32.1. The van der Waals surface area contributed by atoms with E-state index in [-0.39, 0.29) is 0 Å². The van der Waals surface area contributed by atoms with Gasteiger partial charge in [0.2, 0.25) is 0 Å². The van der Waals surface area contributed by atoms with E-state index in [2.05, 4.69) is 12.6 Å². The van der Waals surface area contributed by atoms with Crippen LogP contribution >= 0.6 is 12.6 Å². The van der Waals surface area contributed by atoms with Crippen molar-refractivity contribution in [3.05, 3.63) is 0 Å². The summed E-state index contributed by atoms with van der Waals surface area (Å²) in [5, 5.41) is 0. The predicted molar refractivity (Wildman–Crippen MR) is 51.2 cm³/mol. The molecule has 0 heterocycles. The third-order valence-corrected chi connectivity index (χ3v) is 2.38. The van der Waals surface area contributed by atoms with Crippen molar-refractivity contribution in [2.24, 2.45) is 5.92 Å².